The van der Waals surface area contributed by atoms with Gasteiger partial charge in [0.25, 0.3) is 0 Å². The van der Waals surface area contributed by atoms with Crippen molar-refractivity contribution in [1.82, 2.24) is 10.2 Å². The van der Waals surface area contributed by atoms with Gasteiger partial charge in [0.2, 0.25) is 0 Å². The Morgan fingerprint density at radius 1 is 1.28 bits per heavy atom. The van der Waals surface area contributed by atoms with Gasteiger partial charge in [0.15, 0.2) is 0 Å². The molecule has 1 aromatic rings. The molecule has 18 heavy (non-hydrogen) atoms. The molecule has 0 saturated heterocycles. The summed E-state index contributed by atoms with van der Waals surface area (Å²) in [7, 11) is 4.04. The number of hydrogen-bond donors (Lipinski definition) is 1. The lowest BCUT2D eigenvalue weighted by atomic mass is 10.1. The van der Waals surface area contributed by atoms with E-state index in [1.807, 2.05) is 26.2 Å². The predicted octanol–water partition coefficient (Wildman–Crippen LogP) is 3.04. The van der Waals surface area contributed by atoms with Gasteiger partial charge in [-0.25, -0.2) is 4.39 Å². The number of nitrogens with zero attached hydrogens (tertiary/aromatic N) is 1. The highest BCUT2D eigenvalue weighted by Crippen LogP contribution is 2.09. The van der Waals surface area contributed by atoms with Crippen molar-refractivity contribution in [2.45, 2.75) is 38.8 Å². The molecular formula is C15H25FN2. The first-order chi connectivity index (χ1) is 8.63. The average Bonchev–Trinajstić information content (AvgIpc) is 2.37. The second-order valence-electron chi connectivity index (χ2n) is 5.01. The fourth-order valence-corrected chi connectivity index (χ4v) is 1.97. The Kier molecular flexibility index (Phi) is 6.91. The smallest absolute Gasteiger partial charge is 0.127 e. The maximum absolute atomic E-state index is 13.5. The van der Waals surface area contributed by atoms with Crippen LogP contribution in [0.25, 0.3) is 0 Å². The summed E-state index contributed by atoms with van der Waals surface area (Å²) in [5.41, 5.74) is 0.781. The summed E-state index contributed by atoms with van der Waals surface area (Å²) in [6, 6.07) is 7.59. The Labute approximate surface area is 110 Å². The normalized spacial score (nSPS) is 12.9. The predicted molar refractivity (Wildman–Crippen MR) is 75.1 cm³/mol. The maximum Gasteiger partial charge on any atom is 0.127 e. The average molecular weight is 252 g/mol. The molecule has 1 unspecified atom stereocenters. The third kappa shape index (κ3) is 5.61. The van der Waals surface area contributed by atoms with Crippen molar-refractivity contribution in [2.24, 2.45) is 0 Å². The summed E-state index contributed by atoms with van der Waals surface area (Å²) < 4.78 is 13.5. The van der Waals surface area contributed by atoms with Gasteiger partial charge in [-0.2, -0.15) is 0 Å². The Bertz CT molecular complexity index is 341. The van der Waals surface area contributed by atoms with E-state index >= 15 is 0 Å². The van der Waals surface area contributed by atoms with Gasteiger partial charge in [0.1, 0.15) is 5.82 Å². The van der Waals surface area contributed by atoms with Crippen LogP contribution in [-0.4, -0.2) is 31.6 Å². The highest BCUT2D eigenvalue weighted by molar-refractivity contribution is 5.16. The number of nitrogens with one attached hydrogen (secondary N) is 1. The van der Waals surface area contributed by atoms with E-state index in [1.54, 1.807) is 6.07 Å². The number of rotatable bonds is 8. The molecule has 0 radical (unpaired) electrons. The second kappa shape index (κ2) is 8.22. The zero-order valence-corrected chi connectivity index (χ0v) is 11.7. The van der Waals surface area contributed by atoms with Crippen molar-refractivity contribution in [2.75, 3.05) is 20.6 Å². The standard InChI is InChI=1S/C15H25FN2/c1-13(17-2)8-6-7-11-18(3)12-14-9-4-5-10-15(14)16/h4-5,9-10,13,17H,6-8,11-12H2,1-3H3. The van der Waals surface area contributed by atoms with Crippen LogP contribution in [0.1, 0.15) is 31.7 Å². The van der Waals surface area contributed by atoms with Crippen LogP contribution in [0.15, 0.2) is 24.3 Å². The van der Waals surface area contributed by atoms with Crippen molar-refractivity contribution in [3.05, 3.63) is 35.6 Å². The highest BCUT2D eigenvalue weighted by atomic mass is 19.1. The van der Waals surface area contributed by atoms with Crippen molar-refractivity contribution in [3.63, 3.8) is 0 Å². The van der Waals surface area contributed by atoms with E-state index < -0.39 is 0 Å². The first-order valence-corrected chi connectivity index (χ1v) is 6.72. The number of hydrogen-bond acceptors (Lipinski definition) is 2. The summed E-state index contributed by atoms with van der Waals surface area (Å²) in [5.74, 6) is -0.104. The molecule has 3 heteroatoms. The van der Waals surface area contributed by atoms with Gasteiger partial charge in [-0.05, 0) is 46.5 Å². The fourth-order valence-electron chi connectivity index (χ4n) is 1.97. The Morgan fingerprint density at radius 2 is 2.00 bits per heavy atom. The van der Waals surface area contributed by atoms with E-state index in [0.29, 0.717) is 12.6 Å². The topological polar surface area (TPSA) is 15.3 Å². The molecule has 0 aliphatic heterocycles. The molecule has 0 fully saturated rings. The van der Waals surface area contributed by atoms with Crippen LogP contribution < -0.4 is 5.32 Å². The quantitative estimate of drug-likeness (QED) is 0.715. The largest absolute Gasteiger partial charge is 0.317 e. The monoisotopic (exact) mass is 252 g/mol. The van der Waals surface area contributed by atoms with Gasteiger partial charge in [0.05, 0.1) is 0 Å². The van der Waals surface area contributed by atoms with Crippen LogP contribution in [0.3, 0.4) is 0 Å². The zero-order chi connectivity index (χ0) is 13.4. The molecule has 0 saturated carbocycles. The second-order valence-corrected chi connectivity index (χ2v) is 5.01. The Balaban J connectivity index is 2.22. The minimum Gasteiger partial charge on any atom is -0.317 e. The molecular weight excluding hydrogens is 227 g/mol. The van der Waals surface area contributed by atoms with Gasteiger partial charge >= 0.3 is 0 Å². The van der Waals surface area contributed by atoms with E-state index in [9.17, 15) is 4.39 Å². The minimum absolute atomic E-state index is 0.104. The highest BCUT2D eigenvalue weighted by Gasteiger charge is 2.05. The van der Waals surface area contributed by atoms with Gasteiger partial charge < -0.3 is 10.2 Å². The van der Waals surface area contributed by atoms with Crippen LogP contribution in [0.5, 0.6) is 0 Å². The molecule has 2 nitrogen and oxygen atoms in total. The summed E-state index contributed by atoms with van der Waals surface area (Å²) in [4.78, 5) is 2.18. The lowest BCUT2D eigenvalue weighted by molar-refractivity contribution is 0.309. The molecule has 0 bridgehead atoms. The maximum atomic E-state index is 13.5. The number of unbranched alkanes of at least 4 members (excludes halogenated alkanes) is 1. The summed E-state index contributed by atoms with van der Waals surface area (Å²) in [6.07, 6.45) is 3.57. The molecule has 0 aromatic heterocycles. The molecule has 1 aromatic carbocycles. The molecule has 102 valence electrons. The van der Waals surface area contributed by atoms with Crippen molar-refractivity contribution in [1.29, 1.82) is 0 Å². The molecule has 0 spiro atoms. The molecule has 1 N–H and O–H groups in total. The van der Waals surface area contributed by atoms with Gasteiger partial charge in [0, 0.05) is 18.2 Å². The lowest BCUT2D eigenvalue weighted by Gasteiger charge is -2.17. The van der Waals surface area contributed by atoms with E-state index in [1.165, 1.54) is 18.9 Å². The summed E-state index contributed by atoms with van der Waals surface area (Å²) in [6.45, 7) is 3.90. The molecule has 1 rings (SSSR count). The van der Waals surface area contributed by atoms with E-state index in [4.69, 9.17) is 0 Å². The van der Waals surface area contributed by atoms with E-state index in [2.05, 4.69) is 17.1 Å². The fraction of sp³-hybridized carbons (Fsp3) is 0.600. The summed E-state index contributed by atoms with van der Waals surface area (Å²) >= 11 is 0. The molecule has 0 heterocycles. The third-order valence-electron chi connectivity index (χ3n) is 3.32. The van der Waals surface area contributed by atoms with E-state index in [0.717, 1.165) is 18.5 Å². The molecule has 0 aliphatic rings. The minimum atomic E-state index is -0.104. The van der Waals surface area contributed by atoms with Crippen LogP contribution in [0, 0.1) is 5.82 Å². The van der Waals surface area contributed by atoms with E-state index in [-0.39, 0.29) is 5.82 Å². The van der Waals surface area contributed by atoms with Crippen LogP contribution in [-0.2, 0) is 6.54 Å². The molecule has 0 aliphatic carbocycles. The van der Waals surface area contributed by atoms with Crippen LogP contribution >= 0.6 is 0 Å². The van der Waals surface area contributed by atoms with Crippen LogP contribution in [0.2, 0.25) is 0 Å². The van der Waals surface area contributed by atoms with Crippen molar-refractivity contribution >= 4 is 0 Å². The zero-order valence-electron chi connectivity index (χ0n) is 11.7. The third-order valence-corrected chi connectivity index (χ3v) is 3.32. The van der Waals surface area contributed by atoms with Crippen LogP contribution in [0.4, 0.5) is 4.39 Å². The SMILES string of the molecule is CNC(C)CCCCN(C)Cc1ccccc1F. The van der Waals surface area contributed by atoms with Gasteiger partial charge in [-0.3, -0.25) is 0 Å². The van der Waals surface area contributed by atoms with Crippen molar-refractivity contribution in [3.8, 4) is 0 Å². The molecule has 1 atom stereocenters. The lowest BCUT2D eigenvalue weighted by Crippen LogP contribution is -2.22. The first-order valence-electron chi connectivity index (χ1n) is 6.72. The number of benzene rings is 1. The summed E-state index contributed by atoms with van der Waals surface area (Å²) in [5, 5.41) is 3.24. The van der Waals surface area contributed by atoms with Gasteiger partial charge in [-0.15, -0.1) is 0 Å². The number of halogens is 1. The van der Waals surface area contributed by atoms with Crippen molar-refractivity contribution < 1.29 is 4.39 Å². The Hall–Kier alpha value is -0.930. The first kappa shape index (κ1) is 15.1. The van der Waals surface area contributed by atoms with Gasteiger partial charge in [-0.1, -0.05) is 24.6 Å². The Morgan fingerprint density at radius 3 is 2.67 bits per heavy atom. The molecule has 0 amide bonds.